The summed E-state index contributed by atoms with van der Waals surface area (Å²) in [5.74, 6) is 1.19. The van der Waals surface area contributed by atoms with Crippen LogP contribution >= 0.6 is 0 Å². The summed E-state index contributed by atoms with van der Waals surface area (Å²) >= 11 is 0. The van der Waals surface area contributed by atoms with E-state index in [1.807, 2.05) is 13.8 Å². The molecule has 2 aromatic rings. The van der Waals surface area contributed by atoms with E-state index < -0.39 is 12.0 Å². The number of benzene rings is 1. The molecule has 3 fully saturated rings. The molecular weight excluding hydrogens is 466 g/mol. The standard InChI is InChI=1S/C29H45N5O3/c1-17(2)34(15-23-25-26(27(35-23)31-16-30)37-29(6,7)36-25)20-12-18(13-20)8-11-24-32-21-10-9-19(28(3,4)5)14-22(21)33-24/h9-10,14,16-18,20,23,25-27H,8,11-13,15H2,1-7H3,(H2,30,31)(H,32,33)/t18?,20?,23-,25-,26-,27?/m1/s1. The maximum atomic E-state index is 6.27. The van der Waals surface area contributed by atoms with Gasteiger partial charge in [0.25, 0.3) is 0 Å². The molecule has 3 heterocycles. The van der Waals surface area contributed by atoms with Crippen molar-refractivity contribution < 1.29 is 14.2 Å². The molecule has 0 radical (unpaired) electrons. The smallest absolute Gasteiger partial charge is 0.179 e. The van der Waals surface area contributed by atoms with E-state index in [1.54, 1.807) is 0 Å². The Bertz CT molecular complexity index is 1110. The average Bonchev–Trinajstić information content (AvgIpc) is 3.42. The monoisotopic (exact) mass is 511 g/mol. The van der Waals surface area contributed by atoms with Crippen LogP contribution in [-0.4, -0.2) is 70.2 Å². The molecule has 37 heavy (non-hydrogen) atoms. The zero-order chi connectivity index (χ0) is 26.5. The Morgan fingerprint density at radius 2 is 1.95 bits per heavy atom. The van der Waals surface area contributed by atoms with Gasteiger partial charge in [-0.2, -0.15) is 0 Å². The molecule has 5 rings (SSSR count). The van der Waals surface area contributed by atoms with Gasteiger partial charge >= 0.3 is 0 Å². The van der Waals surface area contributed by atoms with Crippen LogP contribution in [0.1, 0.15) is 79.1 Å². The molecule has 0 amide bonds. The molecular formula is C29H45N5O3. The highest BCUT2D eigenvalue weighted by Crippen LogP contribution is 2.41. The zero-order valence-electron chi connectivity index (χ0n) is 23.5. The number of ether oxygens (including phenoxy) is 3. The van der Waals surface area contributed by atoms with Crippen LogP contribution in [0.3, 0.4) is 0 Å². The predicted octanol–water partition coefficient (Wildman–Crippen LogP) is 4.51. The number of H-pyrrole nitrogens is 1. The number of aryl methyl sites for hydroxylation is 1. The highest BCUT2D eigenvalue weighted by molar-refractivity contribution is 5.76. The Hall–Kier alpha value is -2.00. The zero-order valence-corrected chi connectivity index (χ0v) is 23.5. The summed E-state index contributed by atoms with van der Waals surface area (Å²) in [6.07, 6.45) is 5.04. The molecule has 0 bridgehead atoms. The van der Waals surface area contributed by atoms with Crippen molar-refractivity contribution in [2.45, 2.75) is 122 Å². The molecule has 0 spiro atoms. The molecule has 1 aliphatic carbocycles. The quantitative estimate of drug-likeness (QED) is 0.400. The number of imidazole rings is 1. The van der Waals surface area contributed by atoms with E-state index in [-0.39, 0.29) is 23.7 Å². The third-order valence-electron chi connectivity index (χ3n) is 8.28. The molecule has 1 unspecified atom stereocenters. The van der Waals surface area contributed by atoms with Gasteiger partial charge in [-0.15, -0.1) is 0 Å². The van der Waals surface area contributed by atoms with E-state index >= 15 is 0 Å². The van der Waals surface area contributed by atoms with Gasteiger partial charge in [0.15, 0.2) is 12.0 Å². The number of nitrogens with zero attached hydrogens (tertiary/aromatic N) is 3. The van der Waals surface area contributed by atoms with Crippen LogP contribution in [0.2, 0.25) is 0 Å². The van der Waals surface area contributed by atoms with Crippen LogP contribution in [0.25, 0.3) is 11.0 Å². The number of nitrogens with two attached hydrogens (primary N) is 1. The van der Waals surface area contributed by atoms with Crippen molar-refractivity contribution >= 4 is 17.4 Å². The fourth-order valence-electron chi connectivity index (χ4n) is 6.20. The van der Waals surface area contributed by atoms with E-state index in [4.69, 9.17) is 24.9 Å². The van der Waals surface area contributed by atoms with Gasteiger partial charge in [-0.1, -0.05) is 26.8 Å². The summed E-state index contributed by atoms with van der Waals surface area (Å²) in [5.41, 5.74) is 9.26. The fraction of sp³-hybridized carbons (Fsp3) is 0.724. The number of hydrogen-bond donors (Lipinski definition) is 2. The lowest BCUT2D eigenvalue weighted by Gasteiger charge is -2.46. The minimum absolute atomic E-state index is 0.0875. The van der Waals surface area contributed by atoms with Crippen molar-refractivity contribution in [2.24, 2.45) is 16.6 Å². The van der Waals surface area contributed by atoms with E-state index in [1.165, 1.54) is 24.7 Å². The normalized spacial score (nSPS) is 31.6. The van der Waals surface area contributed by atoms with Gasteiger partial charge in [-0.05, 0) is 76.0 Å². The fourth-order valence-corrected chi connectivity index (χ4v) is 6.20. The lowest BCUT2D eigenvalue weighted by molar-refractivity contribution is -0.189. The average molecular weight is 512 g/mol. The Kier molecular flexibility index (Phi) is 7.15. The van der Waals surface area contributed by atoms with Crippen LogP contribution in [0, 0.1) is 5.92 Å². The van der Waals surface area contributed by atoms with Crippen molar-refractivity contribution in [3.8, 4) is 0 Å². The number of nitrogens with one attached hydrogen (secondary N) is 1. The van der Waals surface area contributed by atoms with Crippen molar-refractivity contribution in [3.05, 3.63) is 29.6 Å². The molecule has 2 saturated heterocycles. The Balaban J connectivity index is 1.16. The minimum Gasteiger partial charge on any atom is -0.390 e. The summed E-state index contributed by atoms with van der Waals surface area (Å²) in [7, 11) is 0. The molecule has 4 atom stereocenters. The maximum absolute atomic E-state index is 6.27. The number of aromatic amines is 1. The number of hydrogen-bond acceptors (Lipinski definition) is 6. The second kappa shape index (κ2) is 9.95. The molecule has 2 aliphatic heterocycles. The molecule has 1 aromatic heterocycles. The molecule has 8 heteroatoms. The number of rotatable bonds is 8. The number of aliphatic imine (C=N–C) groups is 1. The van der Waals surface area contributed by atoms with E-state index in [0.29, 0.717) is 12.1 Å². The van der Waals surface area contributed by atoms with Crippen molar-refractivity contribution in [2.75, 3.05) is 6.54 Å². The Morgan fingerprint density at radius 3 is 2.62 bits per heavy atom. The maximum Gasteiger partial charge on any atom is 0.179 e. The third-order valence-corrected chi connectivity index (χ3v) is 8.28. The molecule has 1 aromatic carbocycles. The summed E-state index contributed by atoms with van der Waals surface area (Å²) in [5, 5.41) is 0. The van der Waals surface area contributed by atoms with E-state index in [9.17, 15) is 0 Å². The first-order valence-electron chi connectivity index (χ1n) is 13.9. The van der Waals surface area contributed by atoms with Gasteiger partial charge < -0.3 is 24.9 Å². The number of fused-ring (bicyclic) bond motifs is 2. The van der Waals surface area contributed by atoms with Crippen LogP contribution in [-0.2, 0) is 26.0 Å². The van der Waals surface area contributed by atoms with Gasteiger partial charge in [-0.3, -0.25) is 4.90 Å². The first-order valence-corrected chi connectivity index (χ1v) is 13.9. The molecule has 1 saturated carbocycles. The summed E-state index contributed by atoms with van der Waals surface area (Å²) in [4.78, 5) is 15.3. The highest BCUT2D eigenvalue weighted by atomic mass is 16.8. The Morgan fingerprint density at radius 1 is 1.22 bits per heavy atom. The molecule has 3 N–H and O–H groups in total. The van der Waals surface area contributed by atoms with Gasteiger partial charge in [0, 0.05) is 25.0 Å². The molecule has 8 nitrogen and oxygen atoms in total. The van der Waals surface area contributed by atoms with Gasteiger partial charge in [0.1, 0.15) is 24.1 Å². The SMILES string of the molecule is CC(C)N(C[C@H]1OC(N=CN)[C@@H]2OC(C)(C)O[C@H]12)C1CC(CCc2nc3ccc(C(C)(C)C)cc3[nH]2)C1. The van der Waals surface area contributed by atoms with Gasteiger partial charge in [0.2, 0.25) is 0 Å². The Labute approximate surface area is 221 Å². The van der Waals surface area contributed by atoms with Crippen molar-refractivity contribution in [1.29, 1.82) is 0 Å². The minimum atomic E-state index is -0.630. The van der Waals surface area contributed by atoms with Crippen LogP contribution in [0.15, 0.2) is 23.2 Å². The second-order valence-corrected chi connectivity index (χ2v) is 12.9. The van der Waals surface area contributed by atoms with Crippen LogP contribution < -0.4 is 5.73 Å². The first-order chi connectivity index (χ1) is 17.4. The van der Waals surface area contributed by atoms with Gasteiger partial charge in [0.05, 0.1) is 17.4 Å². The van der Waals surface area contributed by atoms with E-state index in [0.717, 1.165) is 42.2 Å². The van der Waals surface area contributed by atoms with Gasteiger partial charge in [-0.25, -0.2) is 9.98 Å². The highest BCUT2D eigenvalue weighted by Gasteiger charge is 2.56. The summed E-state index contributed by atoms with van der Waals surface area (Å²) in [6, 6.07) is 7.59. The van der Waals surface area contributed by atoms with Crippen LogP contribution in [0.5, 0.6) is 0 Å². The van der Waals surface area contributed by atoms with E-state index in [2.05, 4.69) is 67.7 Å². The number of aromatic nitrogens is 2. The molecule has 3 aliphatic rings. The second-order valence-electron chi connectivity index (χ2n) is 12.9. The van der Waals surface area contributed by atoms with Crippen molar-refractivity contribution in [1.82, 2.24) is 14.9 Å². The molecule has 204 valence electrons. The summed E-state index contributed by atoms with van der Waals surface area (Å²) < 4.78 is 18.6. The first kappa shape index (κ1) is 26.6. The van der Waals surface area contributed by atoms with Crippen molar-refractivity contribution in [3.63, 3.8) is 0 Å². The predicted molar refractivity (Wildman–Crippen MR) is 147 cm³/mol. The van der Waals surface area contributed by atoms with Crippen LogP contribution in [0.4, 0.5) is 0 Å². The lowest BCUT2D eigenvalue weighted by Crippen LogP contribution is -2.52. The largest absolute Gasteiger partial charge is 0.390 e. The topological polar surface area (TPSA) is 98.0 Å². The summed E-state index contributed by atoms with van der Waals surface area (Å²) in [6.45, 7) is 16.0. The lowest BCUT2D eigenvalue weighted by atomic mass is 9.76. The third kappa shape index (κ3) is 5.58.